The van der Waals surface area contributed by atoms with Crippen LogP contribution in [0.1, 0.15) is 10.4 Å². The standard InChI is InChI=1S/C12H9BrF3NS/c13-9-5-11(18-7-9)6-17-10-3-1-2-8(4-10)12(14,15)16/h1-5,7,17H,6H2. The van der Waals surface area contributed by atoms with Crippen molar-refractivity contribution in [3.05, 3.63) is 50.6 Å². The van der Waals surface area contributed by atoms with Crippen molar-refractivity contribution in [3.63, 3.8) is 0 Å². The molecule has 96 valence electrons. The summed E-state index contributed by atoms with van der Waals surface area (Å²) < 4.78 is 38.5. The van der Waals surface area contributed by atoms with Gasteiger partial charge in [0.25, 0.3) is 0 Å². The van der Waals surface area contributed by atoms with Crippen LogP contribution in [0.5, 0.6) is 0 Å². The minimum Gasteiger partial charge on any atom is -0.380 e. The zero-order valence-electron chi connectivity index (χ0n) is 9.09. The van der Waals surface area contributed by atoms with Gasteiger partial charge >= 0.3 is 6.18 Å². The Balaban J connectivity index is 2.06. The van der Waals surface area contributed by atoms with Gasteiger partial charge < -0.3 is 5.32 Å². The average Bonchev–Trinajstić information content (AvgIpc) is 2.72. The van der Waals surface area contributed by atoms with Crippen LogP contribution < -0.4 is 5.32 Å². The van der Waals surface area contributed by atoms with E-state index in [1.54, 1.807) is 17.4 Å². The van der Waals surface area contributed by atoms with Gasteiger partial charge in [0.1, 0.15) is 0 Å². The van der Waals surface area contributed by atoms with E-state index in [9.17, 15) is 13.2 Å². The molecule has 0 saturated heterocycles. The molecule has 1 nitrogen and oxygen atoms in total. The monoisotopic (exact) mass is 335 g/mol. The Morgan fingerprint density at radius 1 is 1.22 bits per heavy atom. The van der Waals surface area contributed by atoms with Gasteiger partial charge in [0.2, 0.25) is 0 Å². The fraction of sp³-hybridized carbons (Fsp3) is 0.167. The van der Waals surface area contributed by atoms with Crippen molar-refractivity contribution >= 4 is 33.0 Å². The van der Waals surface area contributed by atoms with Crippen molar-refractivity contribution in [2.45, 2.75) is 12.7 Å². The second kappa shape index (κ2) is 5.32. The number of benzene rings is 1. The van der Waals surface area contributed by atoms with E-state index in [0.717, 1.165) is 21.5 Å². The van der Waals surface area contributed by atoms with Gasteiger partial charge in [-0.25, -0.2) is 0 Å². The van der Waals surface area contributed by atoms with Crippen LogP contribution in [0.25, 0.3) is 0 Å². The molecule has 0 spiro atoms. The maximum absolute atomic E-state index is 12.5. The summed E-state index contributed by atoms with van der Waals surface area (Å²) in [5, 5.41) is 4.91. The highest BCUT2D eigenvalue weighted by molar-refractivity contribution is 9.10. The molecule has 6 heteroatoms. The summed E-state index contributed by atoms with van der Waals surface area (Å²) >= 11 is 4.88. The summed E-state index contributed by atoms with van der Waals surface area (Å²) in [6.45, 7) is 0.511. The minimum absolute atomic E-state index is 0.467. The van der Waals surface area contributed by atoms with Crippen molar-refractivity contribution in [2.75, 3.05) is 5.32 Å². The molecule has 0 aliphatic carbocycles. The van der Waals surface area contributed by atoms with Gasteiger partial charge in [0.15, 0.2) is 0 Å². The number of hydrogen-bond donors (Lipinski definition) is 1. The van der Waals surface area contributed by atoms with Crippen LogP contribution >= 0.6 is 27.3 Å². The Hall–Kier alpha value is -1.01. The third-order valence-corrected chi connectivity index (χ3v) is 3.98. The number of nitrogens with one attached hydrogen (secondary N) is 1. The molecule has 1 aromatic heterocycles. The molecule has 0 atom stereocenters. The SMILES string of the molecule is FC(F)(F)c1cccc(NCc2cc(Br)cs2)c1. The molecule has 0 bridgehead atoms. The highest BCUT2D eigenvalue weighted by Gasteiger charge is 2.30. The van der Waals surface area contributed by atoms with Crippen LogP contribution in [0.4, 0.5) is 18.9 Å². The van der Waals surface area contributed by atoms with Gasteiger partial charge in [-0.2, -0.15) is 13.2 Å². The number of halogens is 4. The van der Waals surface area contributed by atoms with Gasteiger partial charge in [0.05, 0.1) is 5.56 Å². The lowest BCUT2D eigenvalue weighted by molar-refractivity contribution is -0.137. The molecule has 18 heavy (non-hydrogen) atoms. The van der Waals surface area contributed by atoms with E-state index < -0.39 is 11.7 Å². The molecule has 1 heterocycles. The average molecular weight is 336 g/mol. The minimum atomic E-state index is -4.30. The van der Waals surface area contributed by atoms with Crippen LogP contribution in [0.2, 0.25) is 0 Å². The molecule has 0 amide bonds. The van der Waals surface area contributed by atoms with Crippen molar-refractivity contribution in [2.24, 2.45) is 0 Å². The van der Waals surface area contributed by atoms with E-state index in [1.165, 1.54) is 6.07 Å². The van der Waals surface area contributed by atoms with Crippen LogP contribution in [0.15, 0.2) is 40.2 Å². The summed E-state index contributed by atoms with van der Waals surface area (Å²) in [4.78, 5) is 1.05. The molecular formula is C12H9BrF3NS. The molecule has 2 rings (SSSR count). The Morgan fingerprint density at radius 3 is 2.61 bits per heavy atom. The maximum Gasteiger partial charge on any atom is 0.416 e. The van der Waals surface area contributed by atoms with E-state index >= 15 is 0 Å². The fourth-order valence-electron chi connectivity index (χ4n) is 1.44. The summed E-state index contributed by atoms with van der Waals surface area (Å²) in [5.74, 6) is 0. The summed E-state index contributed by atoms with van der Waals surface area (Å²) in [5.41, 5.74) is -0.172. The zero-order chi connectivity index (χ0) is 13.2. The van der Waals surface area contributed by atoms with E-state index in [4.69, 9.17) is 0 Å². The second-order valence-corrected chi connectivity index (χ2v) is 5.57. The first kappa shape index (κ1) is 13.4. The van der Waals surface area contributed by atoms with E-state index in [1.807, 2.05) is 11.4 Å². The molecule has 0 unspecified atom stereocenters. The molecule has 0 aliphatic heterocycles. The summed E-state index contributed by atoms with van der Waals surface area (Å²) in [7, 11) is 0. The summed E-state index contributed by atoms with van der Waals surface area (Å²) in [6, 6.07) is 7.13. The predicted molar refractivity (Wildman–Crippen MR) is 70.8 cm³/mol. The Kier molecular flexibility index (Phi) is 3.97. The van der Waals surface area contributed by atoms with Crippen molar-refractivity contribution in [3.8, 4) is 0 Å². The molecule has 1 aromatic carbocycles. The zero-order valence-corrected chi connectivity index (χ0v) is 11.5. The van der Waals surface area contributed by atoms with Crippen molar-refractivity contribution < 1.29 is 13.2 Å². The largest absolute Gasteiger partial charge is 0.416 e. The smallest absolute Gasteiger partial charge is 0.380 e. The van der Waals surface area contributed by atoms with Gasteiger partial charge in [-0.3, -0.25) is 0 Å². The maximum atomic E-state index is 12.5. The lowest BCUT2D eigenvalue weighted by Gasteiger charge is -2.09. The number of anilines is 1. The summed E-state index contributed by atoms with van der Waals surface area (Å²) in [6.07, 6.45) is -4.30. The molecule has 2 aromatic rings. The molecular weight excluding hydrogens is 327 g/mol. The van der Waals surface area contributed by atoms with E-state index in [2.05, 4.69) is 21.2 Å². The normalized spacial score (nSPS) is 11.6. The van der Waals surface area contributed by atoms with Gasteiger partial charge in [-0.05, 0) is 40.2 Å². The Bertz CT molecular complexity index is 536. The highest BCUT2D eigenvalue weighted by atomic mass is 79.9. The van der Waals surface area contributed by atoms with Crippen molar-refractivity contribution in [1.29, 1.82) is 0 Å². The molecule has 0 saturated carbocycles. The Labute approximate surface area is 115 Å². The van der Waals surface area contributed by atoms with Crippen LogP contribution in [-0.4, -0.2) is 0 Å². The number of hydrogen-bond acceptors (Lipinski definition) is 2. The molecule has 0 aliphatic rings. The van der Waals surface area contributed by atoms with Gasteiger partial charge in [0, 0.05) is 27.0 Å². The first-order valence-electron chi connectivity index (χ1n) is 5.09. The highest BCUT2D eigenvalue weighted by Crippen LogP contribution is 2.31. The fourth-order valence-corrected chi connectivity index (χ4v) is 2.83. The third kappa shape index (κ3) is 3.49. The van der Waals surface area contributed by atoms with Crippen LogP contribution in [0.3, 0.4) is 0 Å². The van der Waals surface area contributed by atoms with Gasteiger partial charge in [-0.1, -0.05) is 6.07 Å². The molecule has 1 N–H and O–H groups in total. The number of alkyl halides is 3. The first-order valence-corrected chi connectivity index (χ1v) is 6.76. The molecule has 0 fully saturated rings. The number of rotatable bonds is 3. The van der Waals surface area contributed by atoms with Crippen molar-refractivity contribution in [1.82, 2.24) is 0 Å². The topological polar surface area (TPSA) is 12.0 Å². The Morgan fingerprint density at radius 2 is 2.00 bits per heavy atom. The second-order valence-electron chi connectivity index (χ2n) is 3.66. The van der Waals surface area contributed by atoms with Crippen LogP contribution in [0, 0.1) is 0 Å². The van der Waals surface area contributed by atoms with Gasteiger partial charge in [-0.15, -0.1) is 11.3 Å². The molecule has 0 radical (unpaired) electrons. The van der Waals surface area contributed by atoms with E-state index in [-0.39, 0.29) is 0 Å². The van der Waals surface area contributed by atoms with E-state index in [0.29, 0.717) is 12.2 Å². The lowest BCUT2D eigenvalue weighted by atomic mass is 10.2. The predicted octanol–water partition coefficient (Wildman–Crippen LogP) is 5.14. The van der Waals surface area contributed by atoms with Crippen LogP contribution in [-0.2, 0) is 12.7 Å². The number of thiophene rings is 1. The third-order valence-electron chi connectivity index (χ3n) is 2.28. The first-order chi connectivity index (χ1) is 8.45. The quantitative estimate of drug-likeness (QED) is 0.818. The lowest BCUT2D eigenvalue weighted by Crippen LogP contribution is -2.06.